The summed E-state index contributed by atoms with van der Waals surface area (Å²) in [6.45, 7) is 1.85. The summed E-state index contributed by atoms with van der Waals surface area (Å²) in [5.41, 5.74) is 8.04. The Labute approximate surface area is 216 Å². The monoisotopic (exact) mass is 536 g/mol. The normalized spacial score (nSPS) is 11.6. The van der Waals surface area contributed by atoms with E-state index in [-0.39, 0.29) is 28.9 Å². The van der Waals surface area contributed by atoms with Crippen LogP contribution in [0.5, 0.6) is 11.5 Å². The Balaban J connectivity index is 1.45. The molecule has 0 saturated heterocycles. The lowest BCUT2D eigenvalue weighted by atomic mass is 10.1. The molecule has 0 aliphatic rings. The lowest BCUT2D eigenvalue weighted by molar-refractivity contribution is 0.409. The van der Waals surface area contributed by atoms with Crippen molar-refractivity contribution in [3.63, 3.8) is 0 Å². The van der Waals surface area contributed by atoms with E-state index in [4.69, 9.17) is 10.5 Å². The number of anilines is 1. The second-order valence-electron chi connectivity index (χ2n) is 8.47. The SMILES string of the molecule is Cc1ccc(S(=O)(=O)CNc2cc(-c3c[nH]c4nccc(Oc5c(F)cc(CN)cc5F)c34)ncn2)cc1. The Hall–Kier alpha value is -4.42. The van der Waals surface area contributed by atoms with Crippen molar-refractivity contribution in [3.05, 3.63) is 90.0 Å². The van der Waals surface area contributed by atoms with E-state index in [1.165, 1.54) is 18.6 Å². The quantitative estimate of drug-likeness (QED) is 0.260. The molecule has 5 rings (SSSR count). The highest BCUT2D eigenvalue weighted by atomic mass is 32.2. The van der Waals surface area contributed by atoms with Crippen molar-refractivity contribution in [1.82, 2.24) is 19.9 Å². The minimum absolute atomic E-state index is 0.0218. The molecule has 3 aromatic heterocycles. The first-order valence-corrected chi connectivity index (χ1v) is 13.1. The molecule has 3 heterocycles. The average Bonchev–Trinajstić information content (AvgIpc) is 3.35. The first kappa shape index (κ1) is 25.2. The van der Waals surface area contributed by atoms with Gasteiger partial charge in [0.25, 0.3) is 0 Å². The minimum Gasteiger partial charge on any atom is -0.450 e. The summed E-state index contributed by atoms with van der Waals surface area (Å²) in [4.78, 5) is 15.8. The molecule has 5 aromatic rings. The Bertz CT molecular complexity index is 1720. The summed E-state index contributed by atoms with van der Waals surface area (Å²) >= 11 is 0. The van der Waals surface area contributed by atoms with E-state index in [9.17, 15) is 17.2 Å². The number of benzene rings is 2. The van der Waals surface area contributed by atoms with Crippen molar-refractivity contribution in [3.8, 4) is 22.8 Å². The standard InChI is InChI=1S/C26H22F2N6O3S/c1-15-2-4-17(5-3-15)38(35,36)14-34-23-10-21(32-13-33-23)18-12-31-26-24(18)22(6-7-30-26)37-25-19(27)8-16(11-29)9-20(25)28/h2-10,12-13H,11,14,29H2,1H3,(H,30,31)(H,32,33,34). The molecule has 0 aliphatic heterocycles. The van der Waals surface area contributed by atoms with Gasteiger partial charge in [-0.2, -0.15) is 0 Å². The fraction of sp³-hybridized carbons (Fsp3) is 0.115. The number of ether oxygens (including phenoxy) is 1. The third-order valence-electron chi connectivity index (χ3n) is 5.81. The van der Waals surface area contributed by atoms with Gasteiger partial charge in [0.1, 0.15) is 29.4 Å². The molecule has 0 unspecified atom stereocenters. The number of fused-ring (bicyclic) bond motifs is 1. The number of halogens is 2. The topological polar surface area (TPSA) is 136 Å². The first-order valence-electron chi connectivity index (χ1n) is 11.4. The number of rotatable bonds is 8. The summed E-state index contributed by atoms with van der Waals surface area (Å²) in [6, 6.07) is 11.8. The molecule has 2 aromatic carbocycles. The lowest BCUT2D eigenvalue weighted by Gasteiger charge is -2.11. The van der Waals surface area contributed by atoms with Crippen LogP contribution in [0.25, 0.3) is 22.3 Å². The third-order valence-corrected chi connectivity index (χ3v) is 7.32. The molecule has 0 saturated carbocycles. The Morgan fingerprint density at radius 3 is 2.47 bits per heavy atom. The van der Waals surface area contributed by atoms with Gasteiger partial charge in [0.2, 0.25) is 0 Å². The number of aromatic nitrogens is 4. The number of hydrogen-bond acceptors (Lipinski definition) is 8. The van der Waals surface area contributed by atoms with Gasteiger partial charge < -0.3 is 20.8 Å². The molecule has 0 aliphatic carbocycles. The van der Waals surface area contributed by atoms with Crippen molar-refractivity contribution < 1.29 is 21.9 Å². The number of H-pyrrole nitrogens is 1. The Morgan fingerprint density at radius 1 is 1.03 bits per heavy atom. The maximum absolute atomic E-state index is 14.6. The smallest absolute Gasteiger partial charge is 0.198 e. The fourth-order valence-electron chi connectivity index (χ4n) is 3.85. The molecule has 0 fully saturated rings. The number of aryl methyl sites for hydroxylation is 1. The molecule has 4 N–H and O–H groups in total. The third kappa shape index (κ3) is 5.04. The van der Waals surface area contributed by atoms with Crippen LogP contribution in [0, 0.1) is 18.6 Å². The Morgan fingerprint density at radius 2 is 1.76 bits per heavy atom. The summed E-state index contributed by atoms with van der Waals surface area (Å²) in [5, 5.41) is 3.25. The summed E-state index contributed by atoms with van der Waals surface area (Å²) in [5.74, 6) is -2.34. The molecule has 12 heteroatoms. The summed E-state index contributed by atoms with van der Waals surface area (Å²) in [6.07, 6.45) is 4.33. The minimum atomic E-state index is -3.62. The van der Waals surface area contributed by atoms with Crippen LogP contribution in [-0.2, 0) is 16.4 Å². The van der Waals surface area contributed by atoms with Crippen molar-refractivity contribution in [2.45, 2.75) is 18.4 Å². The number of nitrogens with two attached hydrogens (primary N) is 1. The van der Waals surface area contributed by atoms with Crippen LogP contribution in [0.1, 0.15) is 11.1 Å². The molecule has 0 bridgehead atoms. The molecule has 0 spiro atoms. The van der Waals surface area contributed by atoms with Crippen molar-refractivity contribution in [1.29, 1.82) is 0 Å². The van der Waals surface area contributed by atoms with Gasteiger partial charge >= 0.3 is 0 Å². The predicted molar refractivity (Wildman–Crippen MR) is 138 cm³/mol. The highest BCUT2D eigenvalue weighted by molar-refractivity contribution is 7.91. The van der Waals surface area contributed by atoms with E-state index < -0.39 is 27.2 Å². The van der Waals surface area contributed by atoms with Gasteiger partial charge in [0, 0.05) is 30.6 Å². The van der Waals surface area contributed by atoms with Gasteiger partial charge in [0.15, 0.2) is 27.2 Å². The number of nitrogens with one attached hydrogen (secondary N) is 2. The van der Waals surface area contributed by atoms with E-state index in [0.717, 1.165) is 17.7 Å². The lowest BCUT2D eigenvalue weighted by Crippen LogP contribution is -2.15. The largest absolute Gasteiger partial charge is 0.450 e. The second-order valence-corrected chi connectivity index (χ2v) is 10.5. The van der Waals surface area contributed by atoms with Crippen molar-refractivity contribution in [2.75, 3.05) is 11.2 Å². The Kier molecular flexibility index (Phi) is 6.74. The zero-order valence-corrected chi connectivity index (χ0v) is 20.9. The fourth-order valence-corrected chi connectivity index (χ4v) is 4.91. The molecule has 9 nitrogen and oxygen atoms in total. The van der Waals surface area contributed by atoms with Gasteiger partial charge in [-0.05, 0) is 42.8 Å². The van der Waals surface area contributed by atoms with E-state index in [2.05, 4.69) is 25.3 Å². The van der Waals surface area contributed by atoms with E-state index in [0.29, 0.717) is 27.9 Å². The number of pyridine rings is 1. The molecular weight excluding hydrogens is 514 g/mol. The van der Waals surface area contributed by atoms with Crippen LogP contribution >= 0.6 is 0 Å². The highest BCUT2D eigenvalue weighted by Crippen LogP contribution is 2.38. The van der Waals surface area contributed by atoms with Gasteiger partial charge in [-0.3, -0.25) is 0 Å². The van der Waals surface area contributed by atoms with Gasteiger partial charge in [-0.15, -0.1) is 0 Å². The van der Waals surface area contributed by atoms with Crippen LogP contribution in [0.2, 0.25) is 0 Å². The van der Waals surface area contributed by atoms with Crippen LogP contribution < -0.4 is 15.8 Å². The number of sulfone groups is 1. The molecule has 0 amide bonds. The zero-order valence-electron chi connectivity index (χ0n) is 20.1. The van der Waals surface area contributed by atoms with Gasteiger partial charge in [0.05, 0.1) is 16.0 Å². The average molecular weight is 537 g/mol. The molecule has 0 radical (unpaired) electrons. The van der Waals surface area contributed by atoms with E-state index in [1.807, 2.05) is 6.92 Å². The number of nitrogens with zero attached hydrogens (tertiary/aromatic N) is 3. The first-order chi connectivity index (χ1) is 18.2. The van der Waals surface area contributed by atoms with Gasteiger partial charge in [-0.25, -0.2) is 32.2 Å². The van der Waals surface area contributed by atoms with Crippen LogP contribution in [0.3, 0.4) is 0 Å². The van der Waals surface area contributed by atoms with E-state index in [1.54, 1.807) is 36.5 Å². The molecular formula is C26H22F2N6O3S. The number of aromatic amines is 1. The molecule has 38 heavy (non-hydrogen) atoms. The molecule has 194 valence electrons. The maximum atomic E-state index is 14.6. The summed E-state index contributed by atoms with van der Waals surface area (Å²) in [7, 11) is -3.62. The second kappa shape index (κ2) is 10.1. The summed E-state index contributed by atoms with van der Waals surface area (Å²) < 4.78 is 60.3. The van der Waals surface area contributed by atoms with E-state index >= 15 is 0 Å². The van der Waals surface area contributed by atoms with Gasteiger partial charge in [-0.1, -0.05) is 17.7 Å². The van der Waals surface area contributed by atoms with Crippen molar-refractivity contribution >= 4 is 26.7 Å². The van der Waals surface area contributed by atoms with Crippen LogP contribution in [-0.4, -0.2) is 34.2 Å². The number of hydrogen-bond donors (Lipinski definition) is 3. The molecule has 0 atom stereocenters. The van der Waals surface area contributed by atoms with Crippen LogP contribution in [0.4, 0.5) is 14.6 Å². The van der Waals surface area contributed by atoms with Crippen LogP contribution in [0.15, 0.2) is 72.1 Å². The predicted octanol–water partition coefficient (Wildman–Crippen LogP) is 4.70. The zero-order chi connectivity index (χ0) is 26.9. The van der Waals surface area contributed by atoms with Crippen molar-refractivity contribution in [2.24, 2.45) is 5.73 Å². The highest BCUT2D eigenvalue weighted by Gasteiger charge is 2.19. The maximum Gasteiger partial charge on any atom is 0.198 e.